The molecule has 0 aliphatic heterocycles. The first-order chi connectivity index (χ1) is 12.8. The predicted octanol–water partition coefficient (Wildman–Crippen LogP) is 1.26. The molecule has 0 spiro atoms. The third kappa shape index (κ3) is 8.57. The quantitative estimate of drug-likeness (QED) is 0.345. The molecule has 0 bridgehead atoms. The van der Waals surface area contributed by atoms with Crippen molar-refractivity contribution in [2.45, 2.75) is 27.2 Å². The van der Waals surface area contributed by atoms with E-state index in [1.165, 1.54) is 0 Å². The van der Waals surface area contributed by atoms with Gasteiger partial charge >= 0.3 is 0 Å². The van der Waals surface area contributed by atoms with Crippen molar-refractivity contribution in [2.24, 2.45) is 10.9 Å². The Morgan fingerprint density at radius 2 is 1.81 bits per heavy atom. The summed E-state index contributed by atoms with van der Waals surface area (Å²) in [5.41, 5.74) is 1.76. The summed E-state index contributed by atoms with van der Waals surface area (Å²) in [4.78, 5) is 29.7. The molecule has 0 radical (unpaired) electrons. The van der Waals surface area contributed by atoms with Gasteiger partial charge in [-0.05, 0) is 31.0 Å². The lowest BCUT2D eigenvalue weighted by Crippen LogP contribution is -2.42. The molecule has 0 unspecified atom stereocenters. The number of carbonyl (C=O) groups is 2. The van der Waals surface area contributed by atoms with Crippen LogP contribution in [0.15, 0.2) is 29.3 Å². The van der Waals surface area contributed by atoms with Gasteiger partial charge in [-0.1, -0.05) is 26.0 Å². The van der Waals surface area contributed by atoms with Crippen LogP contribution < -0.4 is 16.0 Å². The van der Waals surface area contributed by atoms with Crippen LogP contribution in [0.3, 0.4) is 0 Å². The Bertz CT molecular complexity index is 641. The largest absolute Gasteiger partial charge is 0.357 e. The standard InChI is InChI=1S/C20H33N5O2/c1-6-21-20(24-13-12-22-18(26)15(2)3)23-11-10-16-8-7-9-17(14-16)19(27)25(4)5/h7-9,14-15H,6,10-13H2,1-5H3,(H,22,26)(H2,21,23,24). The minimum absolute atomic E-state index is 0.00111. The molecule has 1 rings (SSSR count). The molecule has 7 heteroatoms. The highest BCUT2D eigenvalue weighted by Crippen LogP contribution is 2.08. The van der Waals surface area contributed by atoms with E-state index in [9.17, 15) is 9.59 Å². The Morgan fingerprint density at radius 1 is 1.11 bits per heavy atom. The second-order valence-electron chi connectivity index (χ2n) is 6.78. The molecule has 0 fully saturated rings. The lowest BCUT2D eigenvalue weighted by Gasteiger charge is -2.13. The van der Waals surface area contributed by atoms with Gasteiger partial charge in [-0.2, -0.15) is 0 Å². The van der Waals surface area contributed by atoms with Gasteiger partial charge in [0, 0.05) is 51.8 Å². The number of amides is 2. The molecule has 7 nitrogen and oxygen atoms in total. The smallest absolute Gasteiger partial charge is 0.253 e. The number of nitrogens with one attached hydrogen (secondary N) is 3. The first-order valence-electron chi connectivity index (χ1n) is 9.45. The lowest BCUT2D eigenvalue weighted by molar-refractivity contribution is -0.123. The van der Waals surface area contributed by atoms with Crippen molar-refractivity contribution in [1.29, 1.82) is 0 Å². The normalized spacial score (nSPS) is 11.3. The fourth-order valence-corrected chi connectivity index (χ4v) is 2.33. The first kappa shape index (κ1) is 22.5. The molecular weight excluding hydrogens is 342 g/mol. The van der Waals surface area contributed by atoms with Crippen molar-refractivity contribution in [1.82, 2.24) is 20.9 Å². The zero-order valence-corrected chi connectivity index (χ0v) is 17.1. The van der Waals surface area contributed by atoms with Gasteiger partial charge in [0.05, 0.1) is 0 Å². The van der Waals surface area contributed by atoms with Crippen LogP contribution in [-0.4, -0.2) is 62.9 Å². The Balaban J connectivity index is 2.52. The van der Waals surface area contributed by atoms with E-state index in [4.69, 9.17) is 0 Å². The van der Waals surface area contributed by atoms with E-state index < -0.39 is 0 Å². The van der Waals surface area contributed by atoms with Crippen LogP contribution in [0.2, 0.25) is 0 Å². The lowest BCUT2D eigenvalue weighted by atomic mass is 10.1. The maximum atomic E-state index is 12.0. The fraction of sp³-hybridized carbons (Fsp3) is 0.550. The Kier molecular flexibility index (Phi) is 9.93. The topological polar surface area (TPSA) is 85.8 Å². The van der Waals surface area contributed by atoms with Gasteiger partial charge < -0.3 is 20.9 Å². The van der Waals surface area contributed by atoms with Gasteiger partial charge in [0.1, 0.15) is 0 Å². The Hall–Kier alpha value is -2.57. The van der Waals surface area contributed by atoms with Gasteiger partial charge in [0.2, 0.25) is 5.91 Å². The van der Waals surface area contributed by atoms with Crippen LogP contribution in [0, 0.1) is 5.92 Å². The second kappa shape index (κ2) is 11.9. The zero-order valence-electron chi connectivity index (χ0n) is 17.1. The molecule has 1 aromatic rings. The highest BCUT2D eigenvalue weighted by Gasteiger charge is 2.08. The Morgan fingerprint density at radius 3 is 2.44 bits per heavy atom. The van der Waals surface area contributed by atoms with E-state index in [1.54, 1.807) is 19.0 Å². The third-order valence-corrected chi connectivity index (χ3v) is 3.84. The van der Waals surface area contributed by atoms with E-state index in [1.807, 2.05) is 45.0 Å². The van der Waals surface area contributed by atoms with Gasteiger partial charge in [-0.3, -0.25) is 14.6 Å². The number of rotatable bonds is 9. The zero-order chi connectivity index (χ0) is 20.2. The number of guanidine groups is 1. The van der Waals surface area contributed by atoms with Crippen molar-refractivity contribution >= 4 is 17.8 Å². The summed E-state index contributed by atoms with van der Waals surface area (Å²) in [6, 6.07) is 7.65. The summed E-state index contributed by atoms with van der Waals surface area (Å²) in [6.07, 6.45) is 0.745. The van der Waals surface area contributed by atoms with E-state index in [0.717, 1.165) is 24.5 Å². The number of nitrogens with zero attached hydrogens (tertiary/aromatic N) is 2. The second-order valence-corrected chi connectivity index (χ2v) is 6.78. The molecule has 0 saturated carbocycles. The van der Waals surface area contributed by atoms with Crippen molar-refractivity contribution in [3.05, 3.63) is 35.4 Å². The number of hydrogen-bond acceptors (Lipinski definition) is 3. The highest BCUT2D eigenvalue weighted by molar-refractivity contribution is 5.94. The summed E-state index contributed by atoms with van der Waals surface area (Å²) >= 11 is 0. The summed E-state index contributed by atoms with van der Waals surface area (Å²) < 4.78 is 0. The van der Waals surface area contributed by atoms with Crippen LogP contribution in [0.1, 0.15) is 36.7 Å². The molecule has 2 amide bonds. The van der Waals surface area contributed by atoms with Crippen LogP contribution in [0.4, 0.5) is 0 Å². The molecule has 27 heavy (non-hydrogen) atoms. The van der Waals surface area contributed by atoms with Crippen LogP contribution >= 0.6 is 0 Å². The Labute approximate surface area is 162 Å². The molecule has 0 saturated heterocycles. The summed E-state index contributed by atoms with van der Waals surface area (Å²) in [7, 11) is 3.49. The third-order valence-electron chi connectivity index (χ3n) is 3.84. The van der Waals surface area contributed by atoms with Crippen LogP contribution in [-0.2, 0) is 11.2 Å². The van der Waals surface area contributed by atoms with Crippen LogP contribution in [0.5, 0.6) is 0 Å². The average molecular weight is 376 g/mol. The first-order valence-corrected chi connectivity index (χ1v) is 9.45. The maximum absolute atomic E-state index is 12.0. The molecule has 0 aliphatic carbocycles. The molecule has 0 heterocycles. The van der Waals surface area contributed by atoms with Gasteiger partial charge in [0.25, 0.3) is 5.91 Å². The highest BCUT2D eigenvalue weighted by atomic mass is 16.2. The average Bonchev–Trinajstić information content (AvgIpc) is 2.64. The van der Waals surface area contributed by atoms with E-state index in [0.29, 0.717) is 25.2 Å². The molecule has 0 atom stereocenters. The van der Waals surface area contributed by atoms with Crippen LogP contribution in [0.25, 0.3) is 0 Å². The molecule has 0 aromatic heterocycles. The van der Waals surface area contributed by atoms with Crippen molar-refractivity contribution < 1.29 is 9.59 Å². The van der Waals surface area contributed by atoms with E-state index in [-0.39, 0.29) is 17.7 Å². The SMILES string of the molecule is CCNC(=NCCc1cccc(C(=O)N(C)C)c1)NCCNC(=O)C(C)C. The number of aliphatic imine (C=N–C) groups is 1. The number of hydrogen-bond donors (Lipinski definition) is 3. The van der Waals surface area contributed by atoms with Crippen molar-refractivity contribution in [2.75, 3.05) is 40.3 Å². The monoisotopic (exact) mass is 375 g/mol. The number of benzene rings is 1. The van der Waals surface area contributed by atoms with Gasteiger partial charge in [-0.15, -0.1) is 0 Å². The molecule has 3 N–H and O–H groups in total. The van der Waals surface area contributed by atoms with Gasteiger partial charge in [0.15, 0.2) is 5.96 Å². The fourth-order valence-electron chi connectivity index (χ4n) is 2.33. The van der Waals surface area contributed by atoms with E-state index in [2.05, 4.69) is 20.9 Å². The van der Waals surface area contributed by atoms with Crippen molar-refractivity contribution in [3.63, 3.8) is 0 Å². The summed E-state index contributed by atoms with van der Waals surface area (Å²) in [5.74, 6) is 0.753. The minimum atomic E-state index is -0.0120. The van der Waals surface area contributed by atoms with Crippen molar-refractivity contribution in [3.8, 4) is 0 Å². The summed E-state index contributed by atoms with van der Waals surface area (Å²) in [5, 5.41) is 9.27. The minimum Gasteiger partial charge on any atom is -0.357 e. The van der Waals surface area contributed by atoms with Gasteiger partial charge in [-0.25, -0.2) is 0 Å². The predicted molar refractivity (Wildman–Crippen MR) is 110 cm³/mol. The molecule has 1 aromatic carbocycles. The number of carbonyl (C=O) groups excluding carboxylic acids is 2. The summed E-state index contributed by atoms with van der Waals surface area (Å²) in [6.45, 7) is 8.27. The maximum Gasteiger partial charge on any atom is 0.253 e. The molecular formula is C20H33N5O2. The molecule has 150 valence electrons. The molecule has 0 aliphatic rings. The van der Waals surface area contributed by atoms with E-state index >= 15 is 0 Å².